The maximum absolute atomic E-state index is 11.5. The van der Waals surface area contributed by atoms with Gasteiger partial charge in [0.15, 0.2) is 6.29 Å². The summed E-state index contributed by atoms with van der Waals surface area (Å²) in [5.74, 6) is 0.173. The van der Waals surface area contributed by atoms with Gasteiger partial charge in [0.05, 0.1) is 13.2 Å². The molecule has 0 aliphatic carbocycles. The summed E-state index contributed by atoms with van der Waals surface area (Å²) in [5, 5.41) is 8.90. The Hall–Kier alpha value is -1.44. The zero-order chi connectivity index (χ0) is 11.5. The van der Waals surface area contributed by atoms with E-state index in [1.807, 2.05) is 0 Å². The van der Waals surface area contributed by atoms with E-state index in [2.05, 4.69) is 4.98 Å². The number of ether oxygens (including phenoxy) is 2. The zero-order valence-electron chi connectivity index (χ0n) is 8.57. The van der Waals surface area contributed by atoms with E-state index in [0.717, 1.165) is 0 Å². The lowest BCUT2D eigenvalue weighted by Gasteiger charge is -2.29. The molecule has 7 heteroatoms. The predicted molar refractivity (Wildman–Crippen MR) is 54.5 cm³/mol. The SMILES string of the molecule is Nc1ccn([C@H]2CCO[C@@H](CO)O2)c(=O)n1. The van der Waals surface area contributed by atoms with Crippen molar-refractivity contribution in [2.24, 2.45) is 0 Å². The minimum absolute atomic E-state index is 0.173. The Morgan fingerprint density at radius 1 is 1.69 bits per heavy atom. The van der Waals surface area contributed by atoms with E-state index in [4.69, 9.17) is 20.3 Å². The third-order valence-corrected chi connectivity index (χ3v) is 2.29. The first-order chi connectivity index (χ1) is 7.70. The van der Waals surface area contributed by atoms with E-state index in [1.54, 1.807) is 0 Å². The Kier molecular flexibility index (Phi) is 3.18. The number of nitrogen functional groups attached to an aromatic ring is 1. The normalized spacial score (nSPS) is 25.6. The first-order valence-electron chi connectivity index (χ1n) is 4.93. The third-order valence-electron chi connectivity index (χ3n) is 2.29. The highest BCUT2D eigenvalue weighted by Gasteiger charge is 2.24. The molecule has 0 amide bonds. The van der Waals surface area contributed by atoms with Crippen molar-refractivity contribution in [3.05, 3.63) is 22.7 Å². The van der Waals surface area contributed by atoms with Gasteiger partial charge in [-0.15, -0.1) is 0 Å². The topological polar surface area (TPSA) is 99.6 Å². The van der Waals surface area contributed by atoms with Crippen LogP contribution in [0.5, 0.6) is 0 Å². The second kappa shape index (κ2) is 4.60. The van der Waals surface area contributed by atoms with Gasteiger partial charge in [-0.1, -0.05) is 0 Å². The van der Waals surface area contributed by atoms with Crippen LogP contribution in [-0.4, -0.2) is 34.2 Å². The predicted octanol–water partition coefficient (Wildman–Crippen LogP) is -0.921. The Labute approximate surface area is 91.4 Å². The van der Waals surface area contributed by atoms with Crippen LogP contribution in [0.2, 0.25) is 0 Å². The van der Waals surface area contributed by atoms with Gasteiger partial charge in [-0.3, -0.25) is 4.57 Å². The fourth-order valence-corrected chi connectivity index (χ4v) is 1.53. The first-order valence-corrected chi connectivity index (χ1v) is 4.93. The van der Waals surface area contributed by atoms with E-state index in [1.165, 1.54) is 16.8 Å². The Morgan fingerprint density at radius 2 is 2.50 bits per heavy atom. The highest BCUT2D eigenvalue weighted by molar-refractivity contribution is 5.23. The molecule has 1 aromatic rings. The number of aliphatic hydroxyl groups is 1. The fraction of sp³-hybridized carbons (Fsp3) is 0.556. The van der Waals surface area contributed by atoms with E-state index >= 15 is 0 Å². The van der Waals surface area contributed by atoms with Gasteiger partial charge in [0.2, 0.25) is 0 Å². The molecule has 3 N–H and O–H groups in total. The standard InChI is InChI=1S/C9H13N3O4/c10-6-1-3-12(9(14)11-6)7-2-4-15-8(5-13)16-7/h1,3,7-8,13H,2,4-5H2,(H2,10,11,14)/t7-,8-/m1/s1. The number of anilines is 1. The van der Waals surface area contributed by atoms with Crippen molar-refractivity contribution in [3.8, 4) is 0 Å². The molecule has 0 aromatic carbocycles. The monoisotopic (exact) mass is 227 g/mol. The molecule has 1 aromatic heterocycles. The van der Waals surface area contributed by atoms with Crippen LogP contribution in [-0.2, 0) is 9.47 Å². The molecule has 1 fully saturated rings. The van der Waals surface area contributed by atoms with Gasteiger partial charge in [0.1, 0.15) is 12.0 Å². The van der Waals surface area contributed by atoms with Crippen molar-refractivity contribution in [3.63, 3.8) is 0 Å². The van der Waals surface area contributed by atoms with Crippen molar-refractivity contribution in [2.45, 2.75) is 18.9 Å². The molecule has 2 atom stereocenters. The molecule has 0 radical (unpaired) electrons. The maximum atomic E-state index is 11.5. The second-order valence-corrected chi connectivity index (χ2v) is 3.40. The van der Waals surface area contributed by atoms with E-state index < -0.39 is 18.2 Å². The average molecular weight is 227 g/mol. The Morgan fingerprint density at radius 3 is 3.19 bits per heavy atom. The van der Waals surface area contributed by atoms with Crippen LogP contribution in [0.4, 0.5) is 5.82 Å². The Balaban J connectivity index is 2.20. The van der Waals surface area contributed by atoms with Gasteiger partial charge >= 0.3 is 5.69 Å². The van der Waals surface area contributed by atoms with Crippen LogP contribution >= 0.6 is 0 Å². The summed E-state index contributed by atoms with van der Waals surface area (Å²) in [6, 6.07) is 1.52. The minimum atomic E-state index is -0.691. The number of hydrogen-bond acceptors (Lipinski definition) is 6. The van der Waals surface area contributed by atoms with Crippen molar-refractivity contribution < 1.29 is 14.6 Å². The van der Waals surface area contributed by atoms with Gasteiger partial charge in [0.25, 0.3) is 0 Å². The molecule has 2 heterocycles. The molecule has 0 unspecified atom stereocenters. The fourth-order valence-electron chi connectivity index (χ4n) is 1.53. The van der Waals surface area contributed by atoms with Gasteiger partial charge in [-0.25, -0.2) is 4.79 Å². The molecule has 16 heavy (non-hydrogen) atoms. The second-order valence-electron chi connectivity index (χ2n) is 3.40. The zero-order valence-corrected chi connectivity index (χ0v) is 8.57. The van der Waals surface area contributed by atoms with Crippen LogP contribution < -0.4 is 11.4 Å². The summed E-state index contributed by atoms with van der Waals surface area (Å²) in [4.78, 5) is 15.1. The molecular formula is C9H13N3O4. The van der Waals surface area contributed by atoms with Gasteiger partial charge < -0.3 is 20.3 Å². The summed E-state index contributed by atoms with van der Waals surface area (Å²) >= 11 is 0. The quantitative estimate of drug-likeness (QED) is 0.677. The molecule has 88 valence electrons. The summed E-state index contributed by atoms with van der Waals surface area (Å²) in [6.07, 6.45) is 0.895. The molecule has 0 saturated carbocycles. The molecule has 7 nitrogen and oxygen atoms in total. The van der Waals surface area contributed by atoms with E-state index in [9.17, 15) is 4.79 Å². The minimum Gasteiger partial charge on any atom is -0.391 e. The molecule has 0 spiro atoms. The highest BCUT2D eigenvalue weighted by atomic mass is 16.7. The van der Waals surface area contributed by atoms with Crippen molar-refractivity contribution in [1.82, 2.24) is 9.55 Å². The summed E-state index contributed by atoms with van der Waals surface area (Å²) < 4.78 is 11.8. The first kappa shape index (κ1) is 11.1. The van der Waals surface area contributed by atoms with Crippen LogP contribution in [0.25, 0.3) is 0 Å². The highest BCUT2D eigenvalue weighted by Crippen LogP contribution is 2.19. The third kappa shape index (κ3) is 2.21. The molecule has 1 aliphatic rings. The van der Waals surface area contributed by atoms with E-state index in [0.29, 0.717) is 13.0 Å². The van der Waals surface area contributed by atoms with Gasteiger partial charge in [0, 0.05) is 12.6 Å². The maximum Gasteiger partial charge on any atom is 0.351 e. The van der Waals surface area contributed by atoms with Gasteiger partial charge in [-0.2, -0.15) is 4.98 Å². The van der Waals surface area contributed by atoms with Crippen molar-refractivity contribution in [1.29, 1.82) is 0 Å². The number of aliphatic hydroxyl groups excluding tert-OH is 1. The van der Waals surface area contributed by atoms with Crippen molar-refractivity contribution in [2.75, 3.05) is 18.9 Å². The number of nitrogens with two attached hydrogens (primary N) is 1. The number of rotatable bonds is 2. The number of aromatic nitrogens is 2. The van der Waals surface area contributed by atoms with Crippen LogP contribution in [0, 0.1) is 0 Å². The van der Waals surface area contributed by atoms with E-state index in [-0.39, 0.29) is 12.4 Å². The number of hydrogen-bond donors (Lipinski definition) is 2. The lowest BCUT2D eigenvalue weighted by Crippen LogP contribution is -2.37. The Bertz CT molecular complexity index is 419. The number of nitrogens with zero attached hydrogens (tertiary/aromatic N) is 2. The van der Waals surface area contributed by atoms with Crippen LogP contribution in [0.3, 0.4) is 0 Å². The molecular weight excluding hydrogens is 214 g/mol. The smallest absolute Gasteiger partial charge is 0.351 e. The van der Waals surface area contributed by atoms with Crippen molar-refractivity contribution >= 4 is 5.82 Å². The largest absolute Gasteiger partial charge is 0.391 e. The summed E-state index contributed by atoms with van der Waals surface area (Å²) in [6.45, 7) is 0.181. The lowest BCUT2D eigenvalue weighted by atomic mass is 10.3. The average Bonchev–Trinajstić information content (AvgIpc) is 2.29. The van der Waals surface area contributed by atoms with Crippen LogP contribution in [0.15, 0.2) is 17.1 Å². The molecule has 1 saturated heterocycles. The molecule has 0 bridgehead atoms. The lowest BCUT2D eigenvalue weighted by molar-refractivity contribution is -0.246. The summed E-state index contributed by atoms with van der Waals surface area (Å²) in [5.41, 5.74) is 4.91. The molecule has 2 rings (SSSR count). The molecule has 1 aliphatic heterocycles. The summed E-state index contributed by atoms with van der Waals surface area (Å²) in [7, 11) is 0. The van der Waals surface area contributed by atoms with Gasteiger partial charge in [-0.05, 0) is 6.07 Å². The van der Waals surface area contributed by atoms with Crippen LogP contribution in [0.1, 0.15) is 12.6 Å².